The summed E-state index contributed by atoms with van der Waals surface area (Å²) in [6, 6.07) is 6.01. The molecule has 0 saturated heterocycles. The van der Waals surface area contributed by atoms with Gasteiger partial charge in [0.2, 0.25) is 5.88 Å². The standard InChI is InChI=1S/C41H68N2O6/c1-10-11-12-13-14-15-16-17-18-19-20-21-22-24-33-25-23-26-34(47-29(2)3)36(33)37-35(40(44)48-30(4)5)32(8)43(9)39(46-28-27-42)38(37)41(45)49-31(6)7/h23,25-26,29-31,37H,10-22,24,27-28,42H2,1-9H3. The van der Waals surface area contributed by atoms with Gasteiger partial charge in [0.1, 0.15) is 17.9 Å². The van der Waals surface area contributed by atoms with Crippen LogP contribution in [0.2, 0.25) is 0 Å². The van der Waals surface area contributed by atoms with Crippen LogP contribution in [-0.2, 0) is 30.2 Å². The maximum Gasteiger partial charge on any atom is 0.340 e. The van der Waals surface area contributed by atoms with Gasteiger partial charge in [-0.2, -0.15) is 0 Å². The number of benzene rings is 1. The second-order valence-electron chi connectivity index (χ2n) is 14.2. The Morgan fingerprint density at radius 1 is 0.755 bits per heavy atom. The van der Waals surface area contributed by atoms with Crippen molar-refractivity contribution in [2.45, 2.75) is 170 Å². The largest absolute Gasteiger partial charge is 0.491 e. The quantitative estimate of drug-likeness (QED) is 0.0849. The van der Waals surface area contributed by atoms with E-state index >= 15 is 0 Å². The average molecular weight is 685 g/mol. The molecular weight excluding hydrogens is 616 g/mol. The number of aryl methyl sites for hydroxylation is 1. The number of unbranched alkanes of at least 4 members (excludes halogenated alkanes) is 12. The van der Waals surface area contributed by atoms with Gasteiger partial charge in [-0.3, -0.25) is 0 Å². The highest BCUT2D eigenvalue weighted by atomic mass is 16.6. The van der Waals surface area contributed by atoms with Gasteiger partial charge in [-0.05, 0) is 72.9 Å². The lowest BCUT2D eigenvalue weighted by molar-refractivity contribution is -0.144. The first-order valence-corrected chi connectivity index (χ1v) is 19.2. The first-order valence-electron chi connectivity index (χ1n) is 19.2. The van der Waals surface area contributed by atoms with Crippen LogP contribution in [0.25, 0.3) is 0 Å². The first-order chi connectivity index (χ1) is 23.4. The summed E-state index contributed by atoms with van der Waals surface area (Å²) < 4.78 is 24.3. The maximum atomic E-state index is 14.1. The average Bonchev–Trinajstić information content (AvgIpc) is 3.02. The molecule has 0 fully saturated rings. The topological polar surface area (TPSA) is 100 Å². The molecule has 0 radical (unpaired) electrons. The molecule has 0 aliphatic carbocycles. The number of ether oxygens (including phenoxy) is 4. The third-order valence-corrected chi connectivity index (χ3v) is 8.84. The predicted octanol–water partition coefficient (Wildman–Crippen LogP) is 9.50. The van der Waals surface area contributed by atoms with Crippen molar-refractivity contribution in [2.75, 3.05) is 20.2 Å². The Balaban J connectivity index is 2.46. The smallest absolute Gasteiger partial charge is 0.340 e. The Morgan fingerprint density at radius 3 is 1.76 bits per heavy atom. The van der Waals surface area contributed by atoms with Crippen molar-refractivity contribution in [3.05, 3.63) is 52.1 Å². The molecule has 1 unspecified atom stereocenters. The second-order valence-corrected chi connectivity index (χ2v) is 14.2. The minimum Gasteiger partial charge on any atom is -0.491 e. The molecule has 2 N–H and O–H groups in total. The van der Waals surface area contributed by atoms with Crippen LogP contribution < -0.4 is 10.5 Å². The highest BCUT2D eigenvalue weighted by Crippen LogP contribution is 2.47. The van der Waals surface area contributed by atoms with E-state index in [0.29, 0.717) is 22.9 Å². The molecule has 0 aromatic heterocycles. The van der Waals surface area contributed by atoms with Crippen LogP contribution in [-0.4, -0.2) is 55.3 Å². The molecule has 0 saturated carbocycles. The van der Waals surface area contributed by atoms with E-state index in [4.69, 9.17) is 24.7 Å². The monoisotopic (exact) mass is 685 g/mol. The molecule has 8 nitrogen and oxygen atoms in total. The van der Waals surface area contributed by atoms with E-state index in [1.54, 1.807) is 11.9 Å². The van der Waals surface area contributed by atoms with E-state index in [-0.39, 0.29) is 37.0 Å². The van der Waals surface area contributed by atoms with Crippen LogP contribution in [0.5, 0.6) is 5.75 Å². The molecule has 0 bridgehead atoms. The minimum atomic E-state index is -0.826. The minimum absolute atomic E-state index is 0.129. The van der Waals surface area contributed by atoms with Crippen molar-refractivity contribution in [1.29, 1.82) is 0 Å². The van der Waals surface area contributed by atoms with Gasteiger partial charge >= 0.3 is 11.9 Å². The predicted molar refractivity (Wildman–Crippen MR) is 199 cm³/mol. The zero-order valence-corrected chi connectivity index (χ0v) is 32.3. The third-order valence-electron chi connectivity index (χ3n) is 8.84. The lowest BCUT2D eigenvalue weighted by atomic mass is 9.78. The van der Waals surface area contributed by atoms with Crippen LogP contribution >= 0.6 is 0 Å². The zero-order chi connectivity index (χ0) is 36.3. The molecule has 1 aliphatic rings. The first kappa shape index (κ1) is 42.2. The summed E-state index contributed by atoms with van der Waals surface area (Å²) in [5, 5.41) is 0. The van der Waals surface area contributed by atoms with E-state index in [1.165, 1.54) is 70.6 Å². The van der Waals surface area contributed by atoms with Gasteiger partial charge in [0.15, 0.2) is 0 Å². The third kappa shape index (κ3) is 13.7. The molecule has 1 aliphatic heterocycles. The van der Waals surface area contributed by atoms with Gasteiger partial charge in [-0.25, -0.2) is 9.59 Å². The number of carbonyl (C=O) groups is 2. The molecule has 1 aromatic rings. The summed E-state index contributed by atoms with van der Waals surface area (Å²) in [7, 11) is 1.79. The number of rotatable bonds is 24. The van der Waals surface area contributed by atoms with Crippen molar-refractivity contribution in [1.82, 2.24) is 4.90 Å². The van der Waals surface area contributed by atoms with Crippen molar-refractivity contribution in [3.63, 3.8) is 0 Å². The zero-order valence-electron chi connectivity index (χ0n) is 32.3. The summed E-state index contributed by atoms with van der Waals surface area (Å²) in [6.07, 6.45) is 16.6. The van der Waals surface area contributed by atoms with Gasteiger partial charge in [0.25, 0.3) is 0 Å². The molecule has 1 atom stereocenters. The molecule has 0 spiro atoms. The second kappa shape index (κ2) is 22.7. The highest BCUT2D eigenvalue weighted by Gasteiger charge is 2.44. The van der Waals surface area contributed by atoms with Gasteiger partial charge in [-0.1, -0.05) is 96.1 Å². The molecule has 8 heteroatoms. The van der Waals surface area contributed by atoms with Gasteiger partial charge in [0, 0.05) is 24.9 Å². The highest BCUT2D eigenvalue weighted by molar-refractivity contribution is 6.00. The van der Waals surface area contributed by atoms with Crippen LogP contribution in [0.15, 0.2) is 40.9 Å². The number of hydrogen-bond donors (Lipinski definition) is 1. The van der Waals surface area contributed by atoms with E-state index in [9.17, 15) is 9.59 Å². The van der Waals surface area contributed by atoms with Gasteiger partial charge in [0.05, 0.1) is 29.8 Å². The van der Waals surface area contributed by atoms with Crippen LogP contribution in [0.1, 0.15) is 156 Å². The Bertz CT molecular complexity index is 1220. The molecule has 278 valence electrons. The Hall–Kier alpha value is -3.00. The van der Waals surface area contributed by atoms with Crippen LogP contribution in [0.4, 0.5) is 0 Å². The fraction of sp³-hybridized carbons (Fsp3) is 0.707. The summed E-state index contributed by atoms with van der Waals surface area (Å²) in [6.45, 7) is 15.8. The van der Waals surface area contributed by atoms with E-state index < -0.39 is 17.9 Å². The lowest BCUT2D eigenvalue weighted by Crippen LogP contribution is -2.37. The van der Waals surface area contributed by atoms with Crippen LogP contribution in [0.3, 0.4) is 0 Å². The van der Waals surface area contributed by atoms with E-state index in [2.05, 4.69) is 13.0 Å². The molecule has 1 aromatic carbocycles. The normalized spacial score (nSPS) is 15.1. The number of nitrogens with zero attached hydrogens (tertiary/aromatic N) is 1. The van der Waals surface area contributed by atoms with E-state index in [0.717, 1.165) is 30.4 Å². The van der Waals surface area contributed by atoms with Crippen molar-refractivity contribution in [3.8, 4) is 5.75 Å². The fourth-order valence-corrected chi connectivity index (χ4v) is 6.46. The Morgan fingerprint density at radius 2 is 1.27 bits per heavy atom. The van der Waals surface area contributed by atoms with E-state index in [1.807, 2.05) is 60.6 Å². The SMILES string of the molecule is CCCCCCCCCCCCCCCc1cccc(OC(C)C)c1C1C(C(=O)OC(C)C)=C(C)N(C)C(OCCN)=C1C(=O)OC(C)C. The summed E-state index contributed by atoms with van der Waals surface area (Å²) in [5.41, 5.74) is 8.93. The number of hydrogen-bond acceptors (Lipinski definition) is 8. The summed E-state index contributed by atoms with van der Waals surface area (Å²) in [5.74, 6) is -0.900. The molecule has 1 heterocycles. The van der Waals surface area contributed by atoms with Crippen molar-refractivity contribution in [2.24, 2.45) is 5.73 Å². The number of esters is 2. The maximum absolute atomic E-state index is 14.1. The summed E-state index contributed by atoms with van der Waals surface area (Å²) >= 11 is 0. The molecular formula is C41H68N2O6. The Kier molecular flexibility index (Phi) is 19.5. The lowest BCUT2D eigenvalue weighted by Gasteiger charge is -2.37. The summed E-state index contributed by atoms with van der Waals surface area (Å²) in [4.78, 5) is 29.8. The number of carbonyl (C=O) groups excluding carboxylic acids is 2. The van der Waals surface area contributed by atoms with Gasteiger partial charge < -0.3 is 29.6 Å². The fourth-order valence-electron chi connectivity index (χ4n) is 6.46. The number of allylic oxidation sites excluding steroid dienone is 1. The number of nitrogens with two attached hydrogens (primary N) is 1. The molecule has 49 heavy (non-hydrogen) atoms. The van der Waals surface area contributed by atoms with Crippen molar-refractivity contribution >= 4 is 11.9 Å². The molecule has 0 amide bonds. The molecule has 2 rings (SSSR count). The Labute approximate surface area is 298 Å². The van der Waals surface area contributed by atoms with Gasteiger partial charge in [-0.15, -0.1) is 0 Å². The van der Waals surface area contributed by atoms with Crippen molar-refractivity contribution < 1.29 is 28.5 Å². The van der Waals surface area contributed by atoms with Crippen LogP contribution in [0, 0.1) is 0 Å².